The van der Waals surface area contributed by atoms with Gasteiger partial charge in [-0.25, -0.2) is 16.8 Å². The zero-order chi connectivity index (χ0) is 30.8. The molecule has 0 aliphatic heterocycles. The molecule has 1 heterocycles. The molecular weight excluding hydrogens is 591 g/mol. The summed E-state index contributed by atoms with van der Waals surface area (Å²) >= 11 is 6.08. The average Bonchev–Trinajstić information content (AvgIpc) is 3.70. The normalized spacial score (nSPS) is 13.5. The molecule has 6 rings (SSSR count). The number of fused-ring (bicyclic) bond motifs is 2. The molecule has 0 unspecified atom stereocenters. The Kier molecular flexibility index (Phi) is 7.06. The third-order valence-electron chi connectivity index (χ3n) is 7.85. The van der Waals surface area contributed by atoms with Gasteiger partial charge in [-0.1, -0.05) is 35.4 Å². The predicted molar refractivity (Wildman–Crippen MR) is 164 cm³/mol. The van der Waals surface area contributed by atoms with Gasteiger partial charge in [-0.2, -0.15) is 0 Å². The molecule has 1 saturated carbocycles. The van der Waals surface area contributed by atoms with E-state index in [4.69, 9.17) is 22.1 Å². The van der Waals surface area contributed by atoms with E-state index >= 15 is 4.39 Å². The van der Waals surface area contributed by atoms with Crippen LogP contribution in [0.4, 0.5) is 4.39 Å². The number of aryl methyl sites for hydroxylation is 3. The number of nitrogens with two attached hydrogens (primary N) is 1. The van der Waals surface area contributed by atoms with E-state index in [1.54, 1.807) is 50.2 Å². The Morgan fingerprint density at radius 2 is 1.67 bits per heavy atom. The van der Waals surface area contributed by atoms with E-state index in [9.17, 15) is 18.0 Å². The molecule has 2 N–H and O–H groups in total. The monoisotopic (exact) mass is 618 g/mol. The van der Waals surface area contributed by atoms with Crippen LogP contribution in [0.3, 0.4) is 0 Å². The van der Waals surface area contributed by atoms with Crippen LogP contribution in [0.5, 0.6) is 5.75 Å². The molecule has 1 aromatic heterocycles. The van der Waals surface area contributed by atoms with Gasteiger partial charge >= 0.3 is 0 Å². The summed E-state index contributed by atoms with van der Waals surface area (Å²) in [6.07, 6.45) is 2.86. The Morgan fingerprint density at radius 1 is 0.977 bits per heavy atom. The van der Waals surface area contributed by atoms with Gasteiger partial charge in [0.15, 0.2) is 6.61 Å². The fraction of sp³-hybridized carbons (Fsp3) is 0.212. The van der Waals surface area contributed by atoms with Crippen molar-refractivity contribution in [2.45, 2.75) is 44.4 Å². The van der Waals surface area contributed by atoms with E-state index < -0.39 is 34.1 Å². The minimum atomic E-state index is -4.17. The molecule has 7 nitrogen and oxygen atoms in total. The summed E-state index contributed by atoms with van der Waals surface area (Å²) in [5.41, 5.74) is 8.32. The van der Waals surface area contributed by atoms with Crippen molar-refractivity contribution in [1.82, 2.24) is 3.97 Å². The number of nitrogens with zero attached hydrogens (tertiary/aromatic N) is 1. The average molecular weight is 619 g/mol. The Hall–Kier alpha value is -4.21. The molecule has 10 heteroatoms. The van der Waals surface area contributed by atoms with Gasteiger partial charge in [-0.05, 0) is 103 Å². The van der Waals surface area contributed by atoms with E-state index in [2.05, 4.69) is 0 Å². The van der Waals surface area contributed by atoms with Gasteiger partial charge in [0.25, 0.3) is 15.9 Å². The molecule has 0 spiro atoms. The zero-order valence-corrected chi connectivity index (χ0v) is 25.3. The fourth-order valence-corrected chi connectivity index (χ4v) is 7.78. The number of hydrogen-bond donors (Lipinski definition) is 1. The van der Waals surface area contributed by atoms with Gasteiger partial charge in [-0.15, -0.1) is 0 Å². The van der Waals surface area contributed by atoms with Crippen LogP contribution in [0.25, 0.3) is 21.7 Å². The van der Waals surface area contributed by atoms with E-state index in [0.29, 0.717) is 32.5 Å². The van der Waals surface area contributed by atoms with Crippen LogP contribution in [-0.4, -0.2) is 30.7 Å². The summed E-state index contributed by atoms with van der Waals surface area (Å²) in [5.74, 6) is -1.75. The first kappa shape index (κ1) is 28.9. The maximum atomic E-state index is 15.3. The van der Waals surface area contributed by atoms with Crippen molar-refractivity contribution >= 4 is 55.0 Å². The number of hydrogen-bond acceptors (Lipinski definition) is 5. The number of primary amides is 1. The summed E-state index contributed by atoms with van der Waals surface area (Å²) in [6, 6.07) is 14.5. The minimum absolute atomic E-state index is 0.00999. The van der Waals surface area contributed by atoms with Crippen molar-refractivity contribution in [3.8, 4) is 5.75 Å². The van der Waals surface area contributed by atoms with Crippen LogP contribution in [0.15, 0.2) is 65.7 Å². The highest BCUT2D eigenvalue weighted by Crippen LogP contribution is 2.43. The van der Waals surface area contributed by atoms with Gasteiger partial charge in [-0.3, -0.25) is 9.59 Å². The van der Waals surface area contributed by atoms with Crippen LogP contribution >= 0.6 is 11.6 Å². The number of carbonyl (C=O) groups is 2. The Morgan fingerprint density at radius 3 is 2.33 bits per heavy atom. The van der Waals surface area contributed by atoms with Gasteiger partial charge in [0.1, 0.15) is 11.6 Å². The van der Waals surface area contributed by atoms with Crippen molar-refractivity contribution in [3.63, 3.8) is 0 Å². The Bertz CT molecular complexity index is 2090. The lowest BCUT2D eigenvalue weighted by atomic mass is 10.0. The van der Waals surface area contributed by atoms with E-state index in [1.807, 2.05) is 6.92 Å². The summed E-state index contributed by atoms with van der Waals surface area (Å²) in [6.45, 7) is 4.79. The van der Waals surface area contributed by atoms with Crippen LogP contribution < -0.4 is 10.5 Å². The minimum Gasteiger partial charge on any atom is -0.485 e. The van der Waals surface area contributed by atoms with Crippen molar-refractivity contribution in [1.29, 1.82) is 0 Å². The quantitative estimate of drug-likeness (QED) is 0.189. The largest absolute Gasteiger partial charge is 0.485 e. The number of halogens is 2. The first-order chi connectivity index (χ1) is 20.3. The molecule has 43 heavy (non-hydrogen) atoms. The molecule has 1 fully saturated rings. The molecule has 1 aliphatic carbocycles. The summed E-state index contributed by atoms with van der Waals surface area (Å²) in [7, 11) is -4.17. The van der Waals surface area contributed by atoms with Crippen LogP contribution in [0.2, 0.25) is 5.02 Å². The number of aromatic nitrogens is 1. The number of rotatable bonds is 8. The molecule has 4 aromatic carbocycles. The molecule has 5 aromatic rings. The highest BCUT2D eigenvalue weighted by atomic mass is 35.5. The highest BCUT2D eigenvalue weighted by molar-refractivity contribution is 7.90. The molecule has 0 atom stereocenters. The summed E-state index contributed by atoms with van der Waals surface area (Å²) in [4.78, 5) is 26.0. The first-order valence-corrected chi connectivity index (χ1v) is 15.5. The SMILES string of the molecule is Cc1cc(C)c(S(=O)(=O)n2cc(C(=O)COc3cc4ccc(Cl)cc4cc3C(N)=O)c3cc(F)c(C4CC4)cc32)c(C)c1. The van der Waals surface area contributed by atoms with Gasteiger partial charge < -0.3 is 10.5 Å². The predicted octanol–water partition coefficient (Wildman–Crippen LogP) is 6.99. The van der Waals surface area contributed by atoms with Crippen LogP contribution in [0, 0.1) is 26.6 Å². The maximum absolute atomic E-state index is 15.3. The second kappa shape index (κ2) is 10.5. The van der Waals surface area contributed by atoms with Gasteiger partial charge in [0.05, 0.1) is 16.0 Å². The molecule has 0 saturated heterocycles. The zero-order valence-electron chi connectivity index (χ0n) is 23.7. The van der Waals surface area contributed by atoms with Crippen LogP contribution in [-0.2, 0) is 10.0 Å². The number of carbonyl (C=O) groups excluding carboxylic acids is 2. The topological polar surface area (TPSA) is 108 Å². The fourth-order valence-electron chi connectivity index (χ4n) is 5.81. The van der Waals surface area contributed by atoms with Crippen molar-refractivity contribution in [2.24, 2.45) is 5.73 Å². The smallest absolute Gasteiger partial charge is 0.268 e. The second-order valence-electron chi connectivity index (χ2n) is 11.2. The van der Waals surface area contributed by atoms with E-state index in [0.717, 1.165) is 22.4 Å². The first-order valence-electron chi connectivity index (χ1n) is 13.7. The lowest BCUT2D eigenvalue weighted by Gasteiger charge is -2.14. The standard InChI is InChI=1S/C33H28ClFN2O5S/c1-17-8-18(2)32(19(3)9-17)43(40,41)37-15-27(25-13-28(35)24(14-29(25)37)20-4-5-20)30(38)16-42-31-12-21-6-7-23(34)10-22(21)11-26(31)33(36)39/h6-15,20H,4-5,16H2,1-3H3,(H2,36,39). The number of benzene rings is 4. The highest BCUT2D eigenvalue weighted by Gasteiger charge is 2.31. The third-order valence-corrected chi connectivity index (χ3v) is 10.1. The second-order valence-corrected chi connectivity index (χ2v) is 13.3. The number of ketones is 1. The molecule has 0 bridgehead atoms. The third kappa shape index (κ3) is 5.17. The van der Waals surface area contributed by atoms with Crippen molar-refractivity contribution < 1.29 is 27.1 Å². The van der Waals surface area contributed by atoms with E-state index in [-0.39, 0.29) is 38.6 Å². The lowest BCUT2D eigenvalue weighted by Crippen LogP contribution is -2.17. The number of Topliss-reactive ketones (excluding diaryl/α,β-unsaturated/α-hetero) is 1. The Labute approximate surface area is 253 Å². The summed E-state index contributed by atoms with van der Waals surface area (Å²) in [5, 5.41) is 2.01. The molecule has 1 amide bonds. The van der Waals surface area contributed by atoms with Crippen molar-refractivity contribution in [3.05, 3.63) is 105 Å². The Balaban J connectivity index is 1.44. The molecule has 220 valence electrons. The van der Waals surface area contributed by atoms with Crippen LogP contribution in [0.1, 0.15) is 61.7 Å². The number of amides is 1. The molecular formula is C33H28ClFN2O5S. The van der Waals surface area contributed by atoms with Gasteiger partial charge in [0.2, 0.25) is 5.78 Å². The maximum Gasteiger partial charge on any atom is 0.268 e. The van der Waals surface area contributed by atoms with E-state index in [1.165, 1.54) is 24.4 Å². The van der Waals surface area contributed by atoms with Gasteiger partial charge in [0, 0.05) is 22.2 Å². The lowest BCUT2D eigenvalue weighted by molar-refractivity contribution is 0.0914. The summed E-state index contributed by atoms with van der Waals surface area (Å²) < 4.78 is 50.4. The van der Waals surface area contributed by atoms with Crippen molar-refractivity contribution in [2.75, 3.05) is 6.61 Å². The molecule has 0 radical (unpaired) electrons. The number of ether oxygens (including phenoxy) is 1. The molecule has 1 aliphatic rings.